The molecule has 38 heavy (non-hydrogen) atoms. The van der Waals surface area contributed by atoms with Crippen molar-refractivity contribution in [1.82, 2.24) is 19.6 Å². The van der Waals surface area contributed by atoms with Crippen molar-refractivity contribution in [3.8, 4) is 22.8 Å². The molecule has 1 amide bonds. The summed E-state index contributed by atoms with van der Waals surface area (Å²) in [6.45, 7) is 5.67. The predicted octanol–water partition coefficient (Wildman–Crippen LogP) is 4.94. The van der Waals surface area contributed by atoms with Crippen LogP contribution in [-0.2, 0) is 4.79 Å². The first kappa shape index (κ1) is 25.7. The largest absolute Gasteiger partial charge is 0.457 e. The molecule has 2 aliphatic heterocycles. The third-order valence-electron chi connectivity index (χ3n) is 7.30. The van der Waals surface area contributed by atoms with Crippen LogP contribution >= 0.6 is 0 Å². The Morgan fingerprint density at radius 3 is 2.42 bits per heavy atom. The van der Waals surface area contributed by atoms with Gasteiger partial charge < -0.3 is 15.4 Å². The molecule has 2 saturated heterocycles. The summed E-state index contributed by atoms with van der Waals surface area (Å²) < 4.78 is 7.62. The number of anilines is 1. The summed E-state index contributed by atoms with van der Waals surface area (Å²) >= 11 is 0. The molecule has 0 bridgehead atoms. The highest BCUT2D eigenvalue weighted by Gasteiger charge is 2.31. The SMILES string of the molecule is CC(=O)c1c(-c2ccc(Oc3ccccc3)cc2)nn([C@@H]2CCN(C(=O)/C=C/CN3CCCCC3)C2)c1N. The molecular weight excluding hydrogens is 478 g/mol. The number of para-hydroxylation sites is 1. The molecule has 5 rings (SSSR count). The Bertz CT molecular complexity index is 1290. The Kier molecular flexibility index (Phi) is 7.89. The third-order valence-corrected chi connectivity index (χ3v) is 7.30. The van der Waals surface area contributed by atoms with Crippen LogP contribution in [-0.4, -0.2) is 64.0 Å². The normalized spacial score (nSPS) is 18.2. The standard InChI is InChI=1S/C30H35N5O3/c1-22(36)28-29(23-12-14-26(15-13-23)38-25-9-4-2-5-10-25)32-35(30(28)31)24-16-20-34(21-24)27(37)11-8-19-33-17-6-3-7-18-33/h2,4-5,8-15,24H,3,6-7,16-21,31H2,1H3/b11-8+/t24-/m1/s1. The van der Waals surface area contributed by atoms with E-state index in [4.69, 9.17) is 15.6 Å². The van der Waals surface area contributed by atoms with E-state index in [2.05, 4.69) is 4.90 Å². The highest BCUT2D eigenvalue weighted by atomic mass is 16.5. The van der Waals surface area contributed by atoms with Crippen molar-refractivity contribution in [3.63, 3.8) is 0 Å². The van der Waals surface area contributed by atoms with Gasteiger partial charge in [-0.3, -0.25) is 14.5 Å². The zero-order chi connectivity index (χ0) is 26.5. The van der Waals surface area contributed by atoms with Crippen molar-refractivity contribution in [2.75, 3.05) is 38.5 Å². The fraction of sp³-hybridized carbons (Fsp3) is 0.367. The second kappa shape index (κ2) is 11.6. The number of hydrogen-bond donors (Lipinski definition) is 1. The number of rotatable bonds is 8. The Morgan fingerprint density at radius 1 is 1.00 bits per heavy atom. The van der Waals surface area contributed by atoms with Crippen molar-refractivity contribution in [2.45, 2.75) is 38.6 Å². The van der Waals surface area contributed by atoms with Crippen LogP contribution in [0.4, 0.5) is 5.82 Å². The molecule has 2 aromatic carbocycles. The van der Waals surface area contributed by atoms with E-state index in [-0.39, 0.29) is 17.7 Å². The molecule has 0 aliphatic carbocycles. The molecule has 1 aromatic heterocycles. The van der Waals surface area contributed by atoms with Gasteiger partial charge in [0.15, 0.2) is 5.78 Å². The van der Waals surface area contributed by atoms with E-state index in [0.29, 0.717) is 35.9 Å². The third kappa shape index (κ3) is 5.81. The number of ketones is 1. The summed E-state index contributed by atoms with van der Waals surface area (Å²) in [5.74, 6) is 1.66. The zero-order valence-electron chi connectivity index (χ0n) is 21.9. The topological polar surface area (TPSA) is 93.7 Å². The number of carbonyl (C=O) groups is 2. The number of nitrogen functional groups attached to an aromatic ring is 1. The number of ether oxygens (including phenoxy) is 1. The highest BCUT2D eigenvalue weighted by molar-refractivity contribution is 6.04. The predicted molar refractivity (Wildman–Crippen MR) is 148 cm³/mol. The summed E-state index contributed by atoms with van der Waals surface area (Å²) in [4.78, 5) is 29.6. The van der Waals surface area contributed by atoms with Gasteiger partial charge in [-0.15, -0.1) is 0 Å². The number of benzene rings is 2. The van der Waals surface area contributed by atoms with Gasteiger partial charge in [0, 0.05) is 31.3 Å². The molecule has 3 heterocycles. The summed E-state index contributed by atoms with van der Waals surface area (Å²) in [6, 6.07) is 17.0. The molecule has 0 spiro atoms. The molecular formula is C30H35N5O3. The molecule has 2 N–H and O–H groups in total. The molecule has 0 saturated carbocycles. The Labute approximate surface area is 223 Å². The molecule has 8 nitrogen and oxygen atoms in total. The lowest BCUT2D eigenvalue weighted by molar-refractivity contribution is -0.125. The minimum atomic E-state index is -0.139. The van der Waals surface area contributed by atoms with Crippen LogP contribution in [0.5, 0.6) is 11.5 Å². The summed E-state index contributed by atoms with van der Waals surface area (Å²) in [5, 5.41) is 4.78. The minimum absolute atomic E-state index is 0.0104. The van der Waals surface area contributed by atoms with E-state index in [1.807, 2.05) is 65.6 Å². The molecule has 1 atom stereocenters. The van der Waals surface area contributed by atoms with Gasteiger partial charge in [0.05, 0.1) is 11.6 Å². The molecule has 8 heteroatoms. The number of likely N-dealkylation sites (tertiary alicyclic amines) is 2. The van der Waals surface area contributed by atoms with E-state index in [0.717, 1.165) is 37.4 Å². The van der Waals surface area contributed by atoms with Crippen LogP contribution in [0, 0.1) is 0 Å². The fourth-order valence-corrected chi connectivity index (χ4v) is 5.27. The van der Waals surface area contributed by atoms with Crippen molar-refractivity contribution in [1.29, 1.82) is 0 Å². The van der Waals surface area contributed by atoms with E-state index in [9.17, 15) is 9.59 Å². The maximum absolute atomic E-state index is 12.8. The van der Waals surface area contributed by atoms with E-state index < -0.39 is 0 Å². The average Bonchev–Trinajstić information content (AvgIpc) is 3.55. The molecule has 2 fully saturated rings. The first-order chi connectivity index (χ1) is 18.5. The fourth-order valence-electron chi connectivity index (χ4n) is 5.27. The second-order valence-corrected chi connectivity index (χ2v) is 10.0. The van der Waals surface area contributed by atoms with Crippen molar-refractivity contribution in [2.24, 2.45) is 0 Å². The van der Waals surface area contributed by atoms with E-state index in [1.165, 1.54) is 26.2 Å². The highest BCUT2D eigenvalue weighted by Crippen LogP contribution is 2.34. The van der Waals surface area contributed by atoms with Crippen LogP contribution in [0.15, 0.2) is 66.7 Å². The summed E-state index contributed by atoms with van der Waals surface area (Å²) in [7, 11) is 0. The number of nitrogens with zero attached hydrogens (tertiary/aromatic N) is 4. The van der Waals surface area contributed by atoms with Crippen LogP contribution in [0.25, 0.3) is 11.3 Å². The smallest absolute Gasteiger partial charge is 0.246 e. The second-order valence-electron chi connectivity index (χ2n) is 10.0. The van der Waals surface area contributed by atoms with Gasteiger partial charge in [0.25, 0.3) is 0 Å². The number of carbonyl (C=O) groups excluding carboxylic acids is 2. The summed E-state index contributed by atoms with van der Waals surface area (Å²) in [6.07, 6.45) is 8.16. The molecule has 3 aromatic rings. The first-order valence-electron chi connectivity index (χ1n) is 13.4. The quantitative estimate of drug-likeness (QED) is 0.339. The Balaban J connectivity index is 1.28. The van der Waals surface area contributed by atoms with E-state index >= 15 is 0 Å². The van der Waals surface area contributed by atoms with Gasteiger partial charge in [-0.25, -0.2) is 4.68 Å². The van der Waals surface area contributed by atoms with Crippen molar-refractivity contribution < 1.29 is 14.3 Å². The number of hydrogen-bond acceptors (Lipinski definition) is 6. The van der Waals surface area contributed by atoms with Crippen LogP contribution in [0.3, 0.4) is 0 Å². The van der Waals surface area contributed by atoms with Crippen molar-refractivity contribution >= 4 is 17.5 Å². The first-order valence-corrected chi connectivity index (χ1v) is 13.4. The average molecular weight is 514 g/mol. The Hall–Kier alpha value is -3.91. The molecule has 2 aliphatic rings. The molecule has 0 unspecified atom stereocenters. The zero-order valence-corrected chi connectivity index (χ0v) is 21.9. The van der Waals surface area contributed by atoms with Crippen LogP contribution < -0.4 is 10.5 Å². The van der Waals surface area contributed by atoms with Gasteiger partial charge in [0.1, 0.15) is 23.0 Å². The van der Waals surface area contributed by atoms with E-state index in [1.54, 1.807) is 10.8 Å². The van der Waals surface area contributed by atoms with Crippen LogP contribution in [0.2, 0.25) is 0 Å². The number of nitrogens with two attached hydrogens (primary N) is 1. The summed E-state index contributed by atoms with van der Waals surface area (Å²) in [5.41, 5.74) is 8.21. The lowest BCUT2D eigenvalue weighted by Gasteiger charge is -2.24. The maximum Gasteiger partial charge on any atom is 0.246 e. The number of Topliss-reactive ketones (excluding diaryl/α,β-unsaturated/α-hetero) is 1. The maximum atomic E-state index is 12.8. The van der Waals surface area contributed by atoms with Gasteiger partial charge in [0.2, 0.25) is 5.91 Å². The number of amides is 1. The Morgan fingerprint density at radius 2 is 1.71 bits per heavy atom. The lowest BCUT2D eigenvalue weighted by Crippen LogP contribution is -2.30. The monoisotopic (exact) mass is 513 g/mol. The molecule has 0 radical (unpaired) electrons. The van der Waals surface area contributed by atoms with Crippen LogP contribution in [0.1, 0.15) is 49.0 Å². The lowest BCUT2D eigenvalue weighted by atomic mass is 10.0. The van der Waals surface area contributed by atoms with Crippen molar-refractivity contribution in [3.05, 3.63) is 72.3 Å². The van der Waals surface area contributed by atoms with Gasteiger partial charge in [-0.05, 0) is 75.7 Å². The van der Waals surface area contributed by atoms with Gasteiger partial charge in [-0.1, -0.05) is 30.7 Å². The van der Waals surface area contributed by atoms with Gasteiger partial charge >= 0.3 is 0 Å². The molecule has 198 valence electrons. The number of piperidine rings is 1. The minimum Gasteiger partial charge on any atom is -0.457 e. The number of aromatic nitrogens is 2. The van der Waals surface area contributed by atoms with Gasteiger partial charge in [-0.2, -0.15) is 5.10 Å².